The molecule has 4 aromatic rings. The van der Waals surface area contributed by atoms with Crippen LogP contribution in [-0.4, -0.2) is 116 Å². The van der Waals surface area contributed by atoms with Gasteiger partial charge >= 0.3 is 0 Å². The van der Waals surface area contributed by atoms with Crippen molar-refractivity contribution in [3.8, 4) is 11.5 Å². The van der Waals surface area contributed by atoms with E-state index in [0.29, 0.717) is 24.9 Å². The minimum absolute atomic E-state index is 0. The molecule has 2 aromatic heterocycles. The monoisotopic (exact) mass is 868 g/mol. The molecule has 2 aromatic carbocycles. The van der Waals surface area contributed by atoms with Crippen LogP contribution < -0.4 is 32.0 Å². The van der Waals surface area contributed by atoms with E-state index in [2.05, 4.69) is 25.3 Å². The number of aromatic nitrogens is 4. The Labute approximate surface area is 356 Å². The molecule has 4 heterocycles. The third kappa shape index (κ3) is 12.9. The lowest BCUT2D eigenvalue weighted by molar-refractivity contribution is -0.130. The number of halogens is 2. The van der Waals surface area contributed by atoms with Gasteiger partial charge in [-0.3, -0.25) is 23.4 Å². The van der Waals surface area contributed by atoms with Crippen molar-refractivity contribution in [3.63, 3.8) is 0 Å². The second-order valence-electron chi connectivity index (χ2n) is 13.6. The van der Waals surface area contributed by atoms with E-state index in [4.69, 9.17) is 26.7 Å². The van der Waals surface area contributed by atoms with E-state index in [-0.39, 0.29) is 81.8 Å². The van der Waals surface area contributed by atoms with E-state index >= 15 is 0 Å². The first-order valence-electron chi connectivity index (χ1n) is 19.0. The van der Waals surface area contributed by atoms with E-state index in [1.54, 1.807) is 25.7 Å². The number of anilines is 3. The number of nitrogens with one attached hydrogen (secondary N) is 1. The van der Waals surface area contributed by atoms with Crippen molar-refractivity contribution < 1.29 is 41.6 Å². The first-order valence-corrected chi connectivity index (χ1v) is 20.3. The Morgan fingerprint density at radius 1 is 0.770 bits per heavy atom. The van der Waals surface area contributed by atoms with Gasteiger partial charge in [-0.1, -0.05) is 26.5 Å². The number of nitrogens with two attached hydrogens (primary N) is 3. The van der Waals surface area contributed by atoms with Gasteiger partial charge in [0.05, 0.1) is 36.1 Å². The van der Waals surface area contributed by atoms with Crippen LogP contribution in [0.1, 0.15) is 85.7 Å². The molecule has 20 heteroatoms. The summed E-state index contributed by atoms with van der Waals surface area (Å²) in [5.74, 6) is -1.92. The molecule has 0 aliphatic carbocycles. The number of ketones is 2. The average Bonchev–Trinajstić information content (AvgIpc) is 3.23. The molecule has 0 saturated carbocycles. The Balaban J connectivity index is 0.000000267. The fourth-order valence-corrected chi connectivity index (χ4v) is 6.85. The molecule has 2 fully saturated rings. The Morgan fingerprint density at radius 3 is 1.62 bits per heavy atom. The van der Waals surface area contributed by atoms with Crippen LogP contribution in [-0.2, 0) is 20.4 Å². The number of piperidine rings is 2. The molecule has 2 aliphatic rings. The molecule has 0 spiro atoms. The smallest absolute Gasteiger partial charge is 0.224 e. The molecular formula is C41H54F2N10O7S. The molecule has 2 saturated heterocycles. The van der Waals surface area contributed by atoms with Crippen LogP contribution in [0.2, 0.25) is 0 Å². The minimum atomic E-state index is -1.39. The molecule has 7 N–H and O–H groups in total. The van der Waals surface area contributed by atoms with Crippen LogP contribution in [0.4, 0.5) is 26.4 Å². The second kappa shape index (κ2) is 23.0. The number of hydrogen-bond donors (Lipinski definition) is 4. The highest BCUT2D eigenvalue weighted by atomic mass is 32.2. The zero-order valence-corrected chi connectivity index (χ0v) is 34.9. The molecule has 330 valence electrons. The van der Waals surface area contributed by atoms with Gasteiger partial charge in [0.2, 0.25) is 34.5 Å². The molecule has 0 radical (unpaired) electrons. The second-order valence-corrected chi connectivity index (χ2v) is 15.3. The van der Waals surface area contributed by atoms with E-state index < -0.39 is 34.0 Å². The molecular weight excluding hydrogens is 815 g/mol. The van der Waals surface area contributed by atoms with Gasteiger partial charge in [0, 0.05) is 70.3 Å². The minimum Gasteiger partial charge on any atom is -0.496 e. The van der Waals surface area contributed by atoms with Crippen molar-refractivity contribution in [2.24, 2.45) is 5.73 Å². The third-order valence-corrected chi connectivity index (χ3v) is 10.8. The number of ether oxygens (including phenoxy) is 2. The summed E-state index contributed by atoms with van der Waals surface area (Å²) in [6.45, 7) is 7.87. The van der Waals surface area contributed by atoms with Crippen LogP contribution in [0.5, 0.6) is 11.5 Å². The number of hydrogen-bond acceptors (Lipinski definition) is 15. The van der Waals surface area contributed by atoms with E-state index in [1.807, 2.05) is 4.90 Å². The number of nitrogens with zero attached hydrogens (tertiary/aromatic N) is 6. The molecule has 61 heavy (non-hydrogen) atoms. The van der Waals surface area contributed by atoms with Gasteiger partial charge in [-0.2, -0.15) is 4.98 Å². The Hall–Kier alpha value is -6.15. The number of likely N-dealkylation sites (tertiary alicyclic amines) is 2. The number of carbonyl (C=O) groups is 4. The van der Waals surface area contributed by atoms with Gasteiger partial charge in [-0.05, 0) is 49.9 Å². The number of amides is 2. The summed E-state index contributed by atoms with van der Waals surface area (Å²) in [6.07, 6.45) is 5.87. The summed E-state index contributed by atoms with van der Waals surface area (Å²) in [7, 11) is 1.30. The summed E-state index contributed by atoms with van der Waals surface area (Å²) in [4.78, 5) is 67.0. The number of carbonyl (C=O) groups excluding carboxylic acids is 4. The van der Waals surface area contributed by atoms with Crippen molar-refractivity contribution in [1.82, 2.24) is 29.7 Å². The predicted octanol–water partition coefficient (Wildman–Crippen LogP) is 4.02. The van der Waals surface area contributed by atoms with Gasteiger partial charge in [-0.25, -0.2) is 23.7 Å². The maximum atomic E-state index is 14.2. The summed E-state index contributed by atoms with van der Waals surface area (Å²) >= 11 is 0. The molecule has 6 rings (SSSR count). The van der Waals surface area contributed by atoms with E-state index in [1.165, 1.54) is 50.7 Å². The highest BCUT2D eigenvalue weighted by Gasteiger charge is 2.26. The van der Waals surface area contributed by atoms with Gasteiger partial charge in [0.25, 0.3) is 0 Å². The summed E-state index contributed by atoms with van der Waals surface area (Å²) in [5.41, 5.74) is 16.8. The van der Waals surface area contributed by atoms with Crippen LogP contribution in [0.25, 0.3) is 0 Å². The lowest BCUT2D eigenvalue weighted by Crippen LogP contribution is -2.41. The average molecular weight is 869 g/mol. The summed E-state index contributed by atoms with van der Waals surface area (Å²) in [5, 5.41) is 3.21. The zero-order chi connectivity index (χ0) is 44.1. The fraction of sp³-hybridized carbons (Fsp3) is 0.415. The van der Waals surface area contributed by atoms with Crippen molar-refractivity contribution >= 4 is 51.8 Å². The molecule has 0 bridgehead atoms. The van der Waals surface area contributed by atoms with Crippen molar-refractivity contribution in [3.05, 3.63) is 82.7 Å². The number of benzene rings is 2. The lowest BCUT2D eigenvalue weighted by Gasteiger charge is -2.31. The van der Waals surface area contributed by atoms with E-state index in [9.17, 15) is 32.2 Å². The molecule has 2 amide bonds. The normalized spacial score (nSPS) is 14.5. The Morgan fingerprint density at radius 2 is 1.21 bits per heavy atom. The topological polar surface area (TPSA) is 252 Å². The highest BCUT2D eigenvalue weighted by Crippen LogP contribution is 2.28. The SMILES string of the molecule is C.CC(=O)N1CCC(N)CC1.CCS(=O)c1ncc(C(=O)c2c(F)cccc2OC)c(N)n1.COc1cccc(F)c1C(=O)c1cnc(NC2CCN(C(C)=O)CC2)nc1N. The summed E-state index contributed by atoms with van der Waals surface area (Å²) < 4.78 is 49.8. The van der Waals surface area contributed by atoms with Crippen LogP contribution in [0.3, 0.4) is 0 Å². The number of methoxy groups -OCH3 is 2. The van der Waals surface area contributed by atoms with Gasteiger partial charge in [0.1, 0.15) is 45.9 Å². The first kappa shape index (κ1) is 49.2. The number of rotatable bonds is 10. The third-order valence-electron chi connectivity index (χ3n) is 9.67. The Bertz CT molecular complexity index is 2200. The lowest BCUT2D eigenvalue weighted by atomic mass is 10.0. The van der Waals surface area contributed by atoms with Gasteiger partial charge < -0.3 is 41.8 Å². The van der Waals surface area contributed by atoms with Crippen molar-refractivity contribution in [2.45, 2.75) is 71.1 Å². The maximum Gasteiger partial charge on any atom is 0.224 e. The summed E-state index contributed by atoms with van der Waals surface area (Å²) in [6, 6.07) is 8.58. The number of nitrogen functional groups attached to an aromatic ring is 2. The molecule has 17 nitrogen and oxygen atoms in total. The Kier molecular flexibility index (Phi) is 18.6. The maximum absolute atomic E-state index is 14.2. The fourth-order valence-electron chi connectivity index (χ4n) is 6.23. The quantitative estimate of drug-likeness (QED) is 0.130. The van der Waals surface area contributed by atoms with E-state index in [0.717, 1.165) is 51.0 Å². The zero-order valence-electron chi connectivity index (χ0n) is 34.1. The van der Waals surface area contributed by atoms with Crippen molar-refractivity contribution in [2.75, 3.05) is 62.9 Å². The molecule has 2 aliphatic heterocycles. The highest BCUT2D eigenvalue weighted by molar-refractivity contribution is 7.84. The van der Waals surface area contributed by atoms with Crippen LogP contribution in [0.15, 0.2) is 53.9 Å². The van der Waals surface area contributed by atoms with Crippen LogP contribution in [0, 0.1) is 11.6 Å². The largest absolute Gasteiger partial charge is 0.496 e. The standard InChI is InChI=1S/C19H22FN5O3.C14H14FN3O3S.C7H14N2O.CH4/c1-11(26)25-8-6-12(7-9-25)23-19-22-10-13(18(21)24-19)17(27)16-14(20)4-3-5-15(16)28-2;1-3-22(20)14-17-7-8(13(16)18-14)12(19)11-9(15)5-4-6-10(11)21-2;1-6(10)9-4-2-7(8)3-5-9;/h3-5,10,12H,6-9H2,1-2H3,(H3,21,22,23,24);4-7H,3H2,1-2H3,(H2,16,17,18);7H,2-5,8H2,1H3;1H4. The first-order chi connectivity index (χ1) is 28.6. The van der Waals surface area contributed by atoms with Crippen molar-refractivity contribution in [1.29, 1.82) is 0 Å². The predicted molar refractivity (Wildman–Crippen MR) is 228 cm³/mol. The van der Waals surface area contributed by atoms with Gasteiger partial charge in [0.15, 0.2) is 0 Å². The molecule has 1 atom stereocenters. The van der Waals surface area contributed by atoms with Crippen LogP contribution >= 0.6 is 0 Å². The van der Waals surface area contributed by atoms with Gasteiger partial charge in [-0.15, -0.1) is 0 Å². The molecule has 1 unspecified atom stereocenters.